The smallest absolute Gasteiger partial charge is 0.253 e. The Balaban J connectivity index is 1.74. The third kappa shape index (κ3) is 4.36. The average Bonchev–Trinajstić information content (AvgIpc) is 3.23. The number of carbonyl (C=O) groups is 1. The molecule has 28 heavy (non-hydrogen) atoms. The molecule has 7 nitrogen and oxygen atoms in total. The Labute approximate surface area is 171 Å². The first-order valence-corrected chi connectivity index (χ1v) is 11.5. The lowest BCUT2D eigenvalue weighted by atomic mass is 9.95. The van der Waals surface area contributed by atoms with Gasteiger partial charge in [0.1, 0.15) is 4.90 Å². The van der Waals surface area contributed by atoms with E-state index in [1.807, 2.05) is 0 Å². The van der Waals surface area contributed by atoms with E-state index in [2.05, 4.69) is 0 Å². The maximum absolute atomic E-state index is 12.9. The van der Waals surface area contributed by atoms with Crippen LogP contribution in [0.25, 0.3) is 0 Å². The first-order chi connectivity index (χ1) is 13.4. The quantitative estimate of drug-likeness (QED) is 0.693. The summed E-state index contributed by atoms with van der Waals surface area (Å²) in [6, 6.07) is 4.47. The van der Waals surface area contributed by atoms with Crippen molar-refractivity contribution in [2.75, 3.05) is 39.4 Å². The maximum atomic E-state index is 12.9. The molecule has 0 saturated carbocycles. The van der Waals surface area contributed by atoms with Gasteiger partial charge in [0, 0.05) is 37.7 Å². The molecule has 3 rings (SSSR count). The number of piperidine rings is 1. The van der Waals surface area contributed by atoms with E-state index in [0.29, 0.717) is 45.0 Å². The van der Waals surface area contributed by atoms with Gasteiger partial charge < -0.3 is 14.4 Å². The van der Waals surface area contributed by atoms with Crippen molar-refractivity contribution in [1.82, 2.24) is 9.21 Å². The average molecular weight is 431 g/mol. The van der Waals surface area contributed by atoms with Crippen LogP contribution in [0, 0.1) is 5.92 Å². The highest BCUT2D eigenvalue weighted by molar-refractivity contribution is 7.89. The molecule has 0 bridgehead atoms. The summed E-state index contributed by atoms with van der Waals surface area (Å²) in [6.07, 6.45) is 1.43. The molecule has 2 heterocycles. The molecule has 1 aromatic rings. The van der Waals surface area contributed by atoms with Crippen LogP contribution in [-0.4, -0.2) is 69.2 Å². The third-order valence-electron chi connectivity index (χ3n) is 5.36. The molecule has 0 unspecified atom stereocenters. The van der Waals surface area contributed by atoms with Gasteiger partial charge in [0.2, 0.25) is 10.0 Å². The van der Waals surface area contributed by atoms with Crippen molar-refractivity contribution >= 4 is 27.5 Å². The minimum atomic E-state index is -3.74. The monoisotopic (exact) mass is 430 g/mol. The van der Waals surface area contributed by atoms with Crippen LogP contribution in [0.3, 0.4) is 0 Å². The van der Waals surface area contributed by atoms with Gasteiger partial charge in [0.15, 0.2) is 6.29 Å². The van der Waals surface area contributed by atoms with Crippen LogP contribution in [0.1, 0.15) is 37.0 Å². The van der Waals surface area contributed by atoms with E-state index in [9.17, 15) is 13.2 Å². The molecule has 1 aromatic carbocycles. The largest absolute Gasteiger partial charge is 0.350 e. The normalized spacial score (nSPS) is 19.5. The number of hydrogen-bond acceptors (Lipinski definition) is 5. The zero-order valence-electron chi connectivity index (χ0n) is 16.3. The number of likely N-dealkylation sites (tertiary alicyclic amines) is 1. The van der Waals surface area contributed by atoms with Crippen molar-refractivity contribution in [2.24, 2.45) is 5.92 Å². The van der Waals surface area contributed by atoms with Crippen LogP contribution in [-0.2, 0) is 19.5 Å². The number of amides is 1. The van der Waals surface area contributed by atoms with E-state index in [1.165, 1.54) is 16.4 Å². The van der Waals surface area contributed by atoms with Crippen LogP contribution < -0.4 is 0 Å². The summed E-state index contributed by atoms with van der Waals surface area (Å²) in [6.45, 7) is 6.65. The number of benzene rings is 1. The molecule has 0 radical (unpaired) electrons. The molecule has 0 aliphatic carbocycles. The highest BCUT2D eigenvalue weighted by Crippen LogP contribution is 2.29. The highest BCUT2D eigenvalue weighted by atomic mass is 35.5. The fourth-order valence-corrected chi connectivity index (χ4v) is 5.70. The Hall–Kier alpha value is -1.19. The number of rotatable bonds is 6. The molecule has 1 amide bonds. The molecule has 2 fully saturated rings. The van der Waals surface area contributed by atoms with E-state index >= 15 is 0 Å². The predicted octanol–water partition coefficient (Wildman–Crippen LogP) is 2.60. The molecule has 0 aromatic heterocycles. The van der Waals surface area contributed by atoms with E-state index in [1.54, 1.807) is 24.8 Å². The molecule has 0 atom stereocenters. The van der Waals surface area contributed by atoms with Gasteiger partial charge in [-0.3, -0.25) is 4.79 Å². The molecule has 156 valence electrons. The van der Waals surface area contributed by atoms with Gasteiger partial charge >= 0.3 is 0 Å². The number of sulfonamides is 1. The summed E-state index contributed by atoms with van der Waals surface area (Å²) >= 11 is 6.16. The Bertz CT molecular complexity index is 799. The molecule has 9 heteroatoms. The van der Waals surface area contributed by atoms with Gasteiger partial charge in [0.25, 0.3) is 5.91 Å². The number of ether oxygens (including phenoxy) is 2. The summed E-state index contributed by atoms with van der Waals surface area (Å²) in [7, 11) is -3.74. The molecule has 2 saturated heterocycles. The van der Waals surface area contributed by atoms with Crippen molar-refractivity contribution in [3.05, 3.63) is 28.8 Å². The van der Waals surface area contributed by atoms with E-state index in [4.69, 9.17) is 21.1 Å². The lowest BCUT2D eigenvalue weighted by Crippen LogP contribution is -2.41. The van der Waals surface area contributed by atoms with Crippen LogP contribution >= 0.6 is 11.6 Å². The van der Waals surface area contributed by atoms with Crippen molar-refractivity contribution < 1.29 is 22.7 Å². The van der Waals surface area contributed by atoms with Gasteiger partial charge in [-0.05, 0) is 31.0 Å². The van der Waals surface area contributed by atoms with Crippen LogP contribution in [0.5, 0.6) is 0 Å². The van der Waals surface area contributed by atoms with Crippen LogP contribution in [0.2, 0.25) is 5.02 Å². The number of nitrogens with zero attached hydrogens (tertiary/aromatic N) is 2. The second-order valence-electron chi connectivity index (χ2n) is 6.97. The second kappa shape index (κ2) is 9.09. The zero-order chi connectivity index (χ0) is 20.3. The second-order valence-corrected chi connectivity index (χ2v) is 9.29. The van der Waals surface area contributed by atoms with Gasteiger partial charge in [-0.25, -0.2) is 8.42 Å². The lowest BCUT2D eigenvalue weighted by Gasteiger charge is -2.34. The number of hydrogen-bond donors (Lipinski definition) is 0. The van der Waals surface area contributed by atoms with Crippen LogP contribution in [0.15, 0.2) is 23.1 Å². The summed E-state index contributed by atoms with van der Waals surface area (Å²) in [4.78, 5) is 14.7. The molecular formula is C19H27ClN2O5S. The molecule has 2 aliphatic heterocycles. The van der Waals surface area contributed by atoms with E-state index in [-0.39, 0.29) is 28.0 Å². The van der Waals surface area contributed by atoms with Gasteiger partial charge in [0.05, 0.1) is 18.2 Å². The maximum Gasteiger partial charge on any atom is 0.253 e. The molecule has 0 spiro atoms. The molecular weight excluding hydrogens is 404 g/mol. The predicted molar refractivity (Wildman–Crippen MR) is 106 cm³/mol. The Morgan fingerprint density at radius 3 is 2.36 bits per heavy atom. The summed E-state index contributed by atoms with van der Waals surface area (Å²) < 4.78 is 38.2. The molecule has 2 aliphatic rings. The van der Waals surface area contributed by atoms with Gasteiger partial charge in [-0.2, -0.15) is 4.31 Å². The van der Waals surface area contributed by atoms with Gasteiger partial charge in [-0.1, -0.05) is 25.4 Å². The summed E-state index contributed by atoms with van der Waals surface area (Å²) in [5.74, 6) is 0.106. The Kier molecular flexibility index (Phi) is 6.98. The minimum absolute atomic E-state index is 0.0219. The summed E-state index contributed by atoms with van der Waals surface area (Å²) in [5, 5.41) is 0.123. The van der Waals surface area contributed by atoms with Crippen molar-refractivity contribution in [1.29, 1.82) is 0 Å². The topological polar surface area (TPSA) is 76.2 Å². The van der Waals surface area contributed by atoms with E-state index in [0.717, 1.165) is 12.8 Å². The van der Waals surface area contributed by atoms with E-state index < -0.39 is 10.0 Å². The van der Waals surface area contributed by atoms with Crippen molar-refractivity contribution in [3.8, 4) is 0 Å². The zero-order valence-corrected chi connectivity index (χ0v) is 17.8. The highest BCUT2D eigenvalue weighted by Gasteiger charge is 2.33. The first-order valence-electron chi connectivity index (χ1n) is 9.70. The summed E-state index contributed by atoms with van der Waals surface area (Å²) in [5.41, 5.74) is 0.335. The number of carbonyl (C=O) groups excluding carboxylic acids is 1. The Morgan fingerprint density at radius 2 is 1.79 bits per heavy atom. The fourth-order valence-electron chi connectivity index (χ4n) is 3.74. The minimum Gasteiger partial charge on any atom is -0.350 e. The van der Waals surface area contributed by atoms with Crippen molar-refractivity contribution in [2.45, 2.75) is 37.9 Å². The fraction of sp³-hybridized carbons (Fsp3) is 0.632. The Morgan fingerprint density at radius 1 is 1.18 bits per heavy atom. The lowest BCUT2D eigenvalue weighted by molar-refractivity contribution is -0.0956. The standard InChI is InChI=1S/C19H27ClN2O5S/c1-3-22(4-2)28(24,25)17-13-15(5-6-16(17)20)18(23)21-9-7-14(8-10-21)19-26-11-12-27-19/h5-6,13-14,19H,3-4,7-12H2,1-2H3. The van der Waals surface area contributed by atoms with Crippen LogP contribution in [0.4, 0.5) is 0 Å². The molecule has 0 N–H and O–H groups in total. The first kappa shape index (κ1) is 21.5. The SMILES string of the molecule is CCN(CC)S(=O)(=O)c1cc(C(=O)N2CCC(C3OCCO3)CC2)ccc1Cl. The third-order valence-corrected chi connectivity index (χ3v) is 7.89. The van der Waals surface area contributed by atoms with Gasteiger partial charge in [-0.15, -0.1) is 0 Å². The van der Waals surface area contributed by atoms with Crippen molar-refractivity contribution in [3.63, 3.8) is 0 Å². The number of halogens is 1.